The van der Waals surface area contributed by atoms with Crippen LogP contribution in [0.2, 0.25) is 0 Å². The molecule has 1 aliphatic rings. The molecule has 2 atom stereocenters. The first-order valence-corrected chi connectivity index (χ1v) is 11.7. The molecule has 0 saturated heterocycles. The summed E-state index contributed by atoms with van der Waals surface area (Å²) in [6, 6.07) is 20.1. The molecule has 2 unspecified atom stereocenters. The van der Waals surface area contributed by atoms with Crippen LogP contribution in [-0.2, 0) is 24.2 Å². The first-order chi connectivity index (χ1) is 16.7. The van der Waals surface area contributed by atoms with Crippen molar-refractivity contribution in [3.8, 4) is 5.75 Å². The fraction of sp³-hybridized carbons (Fsp3) is 0.250. The van der Waals surface area contributed by atoms with Gasteiger partial charge in [-0.05, 0) is 60.1 Å². The van der Waals surface area contributed by atoms with Gasteiger partial charge >= 0.3 is 5.97 Å². The van der Waals surface area contributed by atoms with E-state index in [1.54, 1.807) is 17.1 Å². The molecule has 2 aromatic heterocycles. The number of benzene rings is 2. The van der Waals surface area contributed by atoms with Crippen molar-refractivity contribution < 1.29 is 14.6 Å². The molecule has 1 N–H and O–H groups in total. The molecular weight excluding hydrogens is 426 g/mol. The van der Waals surface area contributed by atoms with Crippen LogP contribution in [0.3, 0.4) is 0 Å². The maximum atomic E-state index is 12.1. The number of carbonyl (C=O) groups is 1. The van der Waals surface area contributed by atoms with E-state index in [2.05, 4.69) is 28.3 Å². The van der Waals surface area contributed by atoms with Gasteiger partial charge in [-0.1, -0.05) is 48.5 Å². The van der Waals surface area contributed by atoms with Gasteiger partial charge in [0, 0.05) is 30.1 Å². The lowest BCUT2D eigenvalue weighted by Gasteiger charge is -2.22. The Bertz CT molecular complexity index is 1210. The van der Waals surface area contributed by atoms with E-state index in [4.69, 9.17) is 4.74 Å². The molecule has 2 aromatic carbocycles. The van der Waals surface area contributed by atoms with Crippen LogP contribution in [-0.4, -0.2) is 31.9 Å². The predicted octanol–water partition coefficient (Wildman–Crippen LogP) is 4.87. The van der Waals surface area contributed by atoms with Crippen LogP contribution in [0.15, 0.2) is 85.5 Å². The zero-order valence-corrected chi connectivity index (χ0v) is 18.9. The number of carboxylic acids is 1. The third-order valence-electron chi connectivity index (χ3n) is 6.39. The van der Waals surface area contributed by atoms with Crippen LogP contribution in [0, 0.1) is 0 Å². The van der Waals surface area contributed by atoms with E-state index in [1.165, 1.54) is 5.56 Å². The molecule has 6 nitrogen and oxygen atoms in total. The summed E-state index contributed by atoms with van der Waals surface area (Å²) < 4.78 is 7.71. The van der Waals surface area contributed by atoms with E-state index in [-0.39, 0.29) is 12.5 Å². The molecule has 2 heterocycles. The van der Waals surface area contributed by atoms with Crippen molar-refractivity contribution in [2.24, 2.45) is 0 Å². The van der Waals surface area contributed by atoms with Crippen LogP contribution in [0.1, 0.15) is 46.6 Å². The summed E-state index contributed by atoms with van der Waals surface area (Å²) in [4.78, 5) is 16.4. The number of hydrogen-bond donors (Lipinski definition) is 1. The second-order valence-corrected chi connectivity index (χ2v) is 8.67. The molecule has 0 fully saturated rings. The molecule has 0 spiro atoms. The van der Waals surface area contributed by atoms with Gasteiger partial charge in [-0.25, -0.2) is 4.79 Å². The molecule has 0 aliphatic heterocycles. The molecule has 0 amide bonds. The van der Waals surface area contributed by atoms with E-state index in [9.17, 15) is 9.90 Å². The molecular formula is C28H27N3O3. The van der Waals surface area contributed by atoms with Crippen molar-refractivity contribution in [2.45, 2.75) is 44.2 Å². The molecule has 0 saturated carbocycles. The van der Waals surface area contributed by atoms with Crippen molar-refractivity contribution in [1.29, 1.82) is 0 Å². The zero-order chi connectivity index (χ0) is 23.3. The minimum Gasteiger partial charge on any atom is -0.478 e. The summed E-state index contributed by atoms with van der Waals surface area (Å²) in [5, 5.41) is 14.4. The second kappa shape index (κ2) is 9.91. The van der Waals surface area contributed by atoms with Crippen LogP contribution in [0.4, 0.5) is 0 Å². The van der Waals surface area contributed by atoms with Crippen LogP contribution >= 0.6 is 0 Å². The fourth-order valence-electron chi connectivity index (χ4n) is 4.74. The van der Waals surface area contributed by atoms with E-state index in [1.807, 2.05) is 54.9 Å². The number of aromatic nitrogens is 3. The third kappa shape index (κ3) is 4.71. The summed E-state index contributed by atoms with van der Waals surface area (Å²) in [6.45, 7) is 0.119. The summed E-state index contributed by atoms with van der Waals surface area (Å²) in [7, 11) is 0. The van der Waals surface area contributed by atoms with E-state index < -0.39 is 12.1 Å². The summed E-state index contributed by atoms with van der Waals surface area (Å²) in [5.74, 6) is -0.374. The minimum absolute atomic E-state index is 0.0472. The normalized spacial score (nSPS) is 14.7. The highest BCUT2D eigenvalue weighted by molar-refractivity contribution is 5.72. The average Bonchev–Trinajstić information content (AvgIpc) is 3.33. The van der Waals surface area contributed by atoms with Gasteiger partial charge in [-0.3, -0.25) is 9.67 Å². The van der Waals surface area contributed by atoms with Crippen molar-refractivity contribution in [3.05, 3.63) is 113 Å². The van der Waals surface area contributed by atoms with Crippen LogP contribution < -0.4 is 4.74 Å². The van der Waals surface area contributed by atoms with Crippen molar-refractivity contribution in [2.75, 3.05) is 0 Å². The number of pyridine rings is 1. The Labute approximate surface area is 198 Å². The second-order valence-electron chi connectivity index (χ2n) is 8.67. The number of nitrogens with zero attached hydrogens (tertiary/aromatic N) is 3. The van der Waals surface area contributed by atoms with Crippen molar-refractivity contribution >= 4 is 5.97 Å². The number of fused-ring (bicyclic) bond motifs is 1. The van der Waals surface area contributed by atoms with Gasteiger partial charge < -0.3 is 9.84 Å². The monoisotopic (exact) mass is 453 g/mol. The minimum atomic E-state index is -1.03. The quantitative estimate of drug-likeness (QED) is 0.412. The van der Waals surface area contributed by atoms with E-state index in [0.717, 1.165) is 47.9 Å². The predicted molar refractivity (Wildman–Crippen MR) is 129 cm³/mol. The fourth-order valence-corrected chi connectivity index (χ4v) is 4.74. The maximum absolute atomic E-state index is 12.1. The van der Waals surface area contributed by atoms with Gasteiger partial charge in [0.2, 0.25) is 6.10 Å². The van der Waals surface area contributed by atoms with Gasteiger partial charge in [0.05, 0.1) is 12.7 Å². The number of aliphatic carboxylic acids is 1. The lowest BCUT2D eigenvalue weighted by atomic mass is 9.88. The van der Waals surface area contributed by atoms with E-state index in [0.29, 0.717) is 5.75 Å². The molecule has 0 bridgehead atoms. The summed E-state index contributed by atoms with van der Waals surface area (Å²) >= 11 is 0. The first kappa shape index (κ1) is 21.9. The Morgan fingerprint density at radius 2 is 1.76 bits per heavy atom. The molecule has 0 radical (unpaired) electrons. The van der Waals surface area contributed by atoms with Crippen LogP contribution in [0.5, 0.6) is 5.75 Å². The maximum Gasteiger partial charge on any atom is 0.346 e. The van der Waals surface area contributed by atoms with Gasteiger partial charge in [-0.2, -0.15) is 5.10 Å². The average molecular weight is 454 g/mol. The number of hydrogen-bond acceptors (Lipinski definition) is 4. The number of carboxylic acid groups (broad SMARTS) is 1. The van der Waals surface area contributed by atoms with Crippen LogP contribution in [0.25, 0.3) is 0 Å². The van der Waals surface area contributed by atoms with Gasteiger partial charge in [0.25, 0.3) is 0 Å². The molecule has 5 rings (SSSR count). The Morgan fingerprint density at radius 1 is 0.941 bits per heavy atom. The highest BCUT2D eigenvalue weighted by atomic mass is 16.5. The number of rotatable bonds is 8. The van der Waals surface area contributed by atoms with Crippen molar-refractivity contribution in [1.82, 2.24) is 14.8 Å². The lowest BCUT2D eigenvalue weighted by Crippen LogP contribution is -2.32. The van der Waals surface area contributed by atoms with Gasteiger partial charge in [-0.15, -0.1) is 0 Å². The molecule has 34 heavy (non-hydrogen) atoms. The molecule has 1 aliphatic carbocycles. The molecule has 172 valence electrons. The Morgan fingerprint density at radius 3 is 2.56 bits per heavy atom. The Kier molecular flexibility index (Phi) is 6.38. The summed E-state index contributed by atoms with van der Waals surface area (Å²) in [5.41, 5.74) is 5.55. The van der Waals surface area contributed by atoms with Crippen molar-refractivity contribution in [3.63, 3.8) is 0 Å². The van der Waals surface area contributed by atoms with E-state index >= 15 is 0 Å². The Balaban J connectivity index is 1.40. The molecule has 4 aromatic rings. The largest absolute Gasteiger partial charge is 0.478 e. The summed E-state index contributed by atoms with van der Waals surface area (Å²) in [6.07, 6.45) is 10.5. The number of aryl methyl sites for hydroxylation is 1. The Hall–Kier alpha value is -3.93. The zero-order valence-electron chi connectivity index (χ0n) is 18.9. The first-order valence-electron chi connectivity index (χ1n) is 11.7. The highest BCUT2D eigenvalue weighted by Gasteiger charge is 2.25. The smallest absolute Gasteiger partial charge is 0.346 e. The standard InChI is InChI=1S/C28H27N3O3/c32-28(33)26(34-25-14-6-11-20-8-4-5-13-24(20)25)19-31-18-23(17-30-31)27(21-9-2-1-3-10-21)22-12-7-15-29-16-22/h1-3,6-7,9-12,14-18,26-27H,4-5,8,13,19H2,(H,32,33). The van der Waals surface area contributed by atoms with Gasteiger partial charge in [0.15, 0.2) is 0 Å². The van der Waals surface area contributed by atoms with Gasteiger partial charge in [0.1, 0.15) is 5.75 Å². The number of ether oxygens (including phenoxy) is 1. The topological polar surface area (TPSA) is 77.2 Å². The molecule has 6 heteroatoms. The SMILES string of the molecule is O=C(O)C(Cn1cc(C(c2ccccc2)c2cccnc2)cn1)Oc1cccc2c1CCCC2. The third-order valence-corrected chi connectivity index (χ3v) is 6.39. The highest BCUT2D eigenvalue weighted by Crippen LogP contribution is 2.32. The lowest BCUT2D eigenvalue weighted by molar-refractivity contribution is -0.145.